The highest BCUT2D eigenvalue weighted by atomic mass is 16.2. The van der Waals surface area contributed by atoms with Crippen molar-refractivity contribution in [2.45, 2.75) is 13.0 Å². The van der Waals surface area contributed by atoms with E-state index in [1.54, 1.807) is 25.2 Å². The van der Waals surface area contributed by atoms with E-state index in [0.717, 1.165) is 11.5 Å². The van der Waals surface area contributed by atoms with Crippen molar-refractivity contribution in [2.24, 2.45) is 0 Å². The van der Waals surface area contributed by atoms with Crippen LogP contribution in [0.4, 0.5) is 5.82 Å². The molecular formula is C12H16N4O. The first-order chi connectivity index (χ1) is 8.09. The summed E-state index contributed by atoms with van der Waals surface area (Å²) in [5, 5.41) is 3.18. The second kappa shape index (κ2) is 4.45. The normalized spacial score (nSPS) is 12.4. The fourth-order valence-electron chi connectivity index (χ4n) is 1.74. The van der Waals surface area contributed by atoms with Crippen LogP contribution < -0.4 is 5.32 Å². The molecule has 5 heteroatoms. The number of hydrogen-bond donors (Lipinski definition) is 1. The number of hydrogen-bond acceptors (Lipinski definition) is 3. The zero-order valence-corrected chi connectivity index (χ0v) is 10.2. The molecule has 0 aliphatic carbocycles. The van der Waals surface area contributed by atoms with Gasteiger partial charge in [0, 0.05) is 26.5 Å². The van der Waals surface area contributed by atoms with Gasteiger partial charge in [0.1, 0.15) is 17.5 Å². The molecule has 0 aliphatic rings. The molecule has 0 bridgehead atoms. The number of fused-ring (bicyclic) bond motifs is 1. The standard InChI is InChI=1S/C12H16N4O/c1-9(12(17)15(2)3)14-11-6-4-5-10-13-7-8-16(10)11/h4-9,14H,1-3H3. The first kappa shape index (κ1) is 11.4. The van der Waals surface area contributed by atoms with Crippen LogP contribution in [0.15, 0.2) is 30.6 Å². The van der Waals surface area contributed by atoms with Crippen LogP contribution in [0.1, 0.15) is 6.92 Å². The van der Waals surface area contributed by atoms with Gasteiger partial charge in [0.25, 0.3) is 0 Å². The zero-order chi connectivity index (χ0) is 12.4. The summed E-state index contributed by atoms with van der Waals surface area (Å²) in [7, 11) is 3.50. The number of carbonyl (C=O) groups is 1. The Morgan fingerprint density at radius 2 is 2.24 bits per heavy atom. The molecule has 5 nitrogen and oxygen atoms in total. The molecule has 1 atom stereocenters. The fourth-order valence-corrected chi connectivity index (χ4v) is 1.74. The third-order valence-corrected chi connectivity index (χ3v) is 2.60. The minimum Gasteiger partial charge on any atom is -0.360 e. The van der Waals surface area contributed by atoms with Gasteiger partial charge in [0.15, 0.2) is 0 Å². The molecule has 2 aromatic heterocycles. The number of imidazole rings is 1. The quantitative estimate of drug-likeness (QED) is 0.865. The van der Waals surface area contributed by atoms with Crippen LogP contribution in [0.25, 0.3) is 5.65 Å². The van der Waals surface area contributed by atoms with Gasteiger partial charge in [-0.05, 0) is 19.1 Å². The number of rotatable bonds is 3. The van der Waals surface area contributed by atoms with E-state index in [9.17, 15) is 4.79 Å². The van der Waals surface area contributed by atoms with Crippen LogP contribution in [0.2, 0.25) is 0 Å². The number of nitrogens with zero attached hydrogens (tertiary/aromatic N) is 3. The van der Waals surface area contributed by atoms with E-state index in [2.05, 4.69) is 10.3 Å². The molecule has 2 aromatic rings. The van der Waals surface area contributed by atoms with Crippen LogP contribution in [-0.4, -0.2) is 40.3 Å². The lowest BCUT2D eigenvalue weighted by atomic mass is 10.3. The van der Waals surface area contributed by atoms with Crippen molar-refractivity contribution in [3.8, 4) is 0 Å². The summed E-state index contributed by atoms with van der Waals surface area (Å²) in [6, 6.07) is 5.49. The van der Waals surface area contributed by atoms with Gasteiger partial charge in [-0.2, -0.15) is 0 Å². The van der Waals surface area contributed by atoms with Crippen molar-refractivity contribution in [1.29, 1.82) is 0 Å². The van der Waals surface area contributed by atoms with Gasteiger partial charge in [-0.15, -0.1) is 0 Å². The first-order valence-corrected chi connectivity index (χ1v) is 5.49. The SMILES string of the molecule is CC(Nc1cccc2nccn12)C(=O)N(C)C. The van der Waals surface area contributed by atoms with Crippen molar-refractivity contribution in [3.63, 3.8) is 0 Å². The molecule has 0 saturated carbocycles. The van der Waals surface area contributed by atoms with Gasteiger partial charge in [-0.25, -0.2) is 4.98 Å². The Labute approximate surface area is 100 Å². The molecule has 0 spiro atoms. The Balaban J connectivity index is 2.24. The number of likely N-dealkylation sites (N-methyl/N-ethyl adjacent to an activating group) is 1. The first-order valence-electron chi connectivity index (χ1n) is 5.49. The van der Waals surface area contributed by atoms with Crippen LogP contribution in [-0.2, 0) is 4.79 Å². The maximum absolute atomic E-state index is 11.8. The molecular weight excluding hydrogens is 216 g/mol. The number of anilines is 1. The summed E-state index contributed by atoms with van der Waals surface area (Å²) < 4.78 is 1.92. The highest BCUT2D eigenvalue weighted by Gasteiger charge is 2.15. The Morgan fingerprint density at radius 1 is 1.47 bits per heavy atom. The Hall–Kier alpha value is -2.04. The van der Waals surface area contributed by atoms with E-state index in [-0.39, 0.29) is 11.9 Å². The number of amides is 1. The second-order valence-corrected chi connectivity index (χ2v) is 4.17. The van der Waals surface area contributed by atoms with Crippen LogP contribution in [0.3, 0.4) is 0 Å². The van der Waals surface area contributed by atoms with Gasteiger partial charge in [0.05, 0.1) is 0 Å². The molecule has 2 heterocycles. The Kier molecular flexibility index (Phi) is 2.99. The number of nitrogens with one attached hydrogen (secondary N) is 1. The summed E-state index contributed by atoms with van der Waals surface area (Å²) in [6.07, 6.45) is 3.60. The van der Waals surface area contributed by atoms with E-state index in [1.807, 2.05) is 35.7 Å². The summed E-state index contributed by atoms with van der Waals surface area (Å²) in [5.41, 5.74) is 0.861. The lowest BCUT2D eigenvalue weighted by Gasteiger charge is -2.19. The minimum atomic E-state index is -0.266. The molecule has 0 saturated heterocycles. The molecule has 1 N–H and O–H groups in total. The van der Waals surface area contributed by atoms with Crippen molar-refractivity contribution in [2.75, 3.05) is 19.4 Å². The van der Waals surface area contributed by atoms with Crippen molar-refractivity contribution >= 4 is 17.4 Å². The summed E-state index contributed by atoms with van der Waals surface area (Å²) in [5.74, 6) is 0.907. The average Bonchev–Trinajstić information content (AvgIpc) is 2.76. The Morgan fingerprint density at radius 3 is 2.94 bits per heavy atom. The third kappa shape index (κ3) is 2.22. The zero-order valence-electron chi connectivity index (χ0n) is 10.2. The van der Waals surface area contributed by atoms with Crippen LogP contribution in [0.5, 0.6) is 0 Å². The Bertz CT molecular complexity index is 532. The van der Waals surface area contributed by atoms with Crippen molar-refractivity contribution in [3.05, 3.63) is 30.6 Å². The van der Waals surface area contributed by atoms with Gasteiger partial charge in [-0.1, -0.05) is 6.07 Å². The highest BCUT2D eigenvalue weighted by molar-refractivity contribution is 5.83. The molecule has 0 fully saturated rings. The maximum Gasteiger partial charge on any atom is 0.244 e. The van der Waals surface area contributed by atoms with E-state index in [4.69, 9.17) is 0 Å². The third-order valence-electron chi connectivity index (χ3n) is 2.60. The largest absolute Gasteiger partial charge is 0.360 e. The van der Waals surface area contributed by atoms with Crippen LogP contribution in [0, 0.1) is 0 Å². The average molecular weight is 232 g/mol. The maximum atomic E-state index is 11.8. The molecule has 17 heavy (non-hydrogen) atoms. The number of carbonyl (C=O) groups excluding carboxylic acids is 1. The summed E-state index contributed by atoms with van der Waals surface area (Å²) in [6.45, 7) is 1.85. The predicted molar refractivity (Wildman–Crippen MR) is 67.0 cm³/mol. The smallest absolute Gasteiger partial charge is 0.244 e. The molecule has 90 valence electrons. The lowest BCUT2D eigenvalue weighted by molar-refractivity contribution is -0.129. The topological polar surface area (TPSA) is 49.6 Å². The van der Waals surface area contributed by atoms with E-state index in [0.29, 0.717) is 0 Å². The molecule has 0 aliphatic heterocycles. The molecule has 0 aromatic carbocycles. The van der Waals surface area contributed by atoms with E-state index < -0.39 is 0 Å². The van der Waals surface area contributed by atoms with Crippen molar-refractivity contribution < 1.29 is 4.79 Å². The molecule has 0 radical (unpaired) electrons. The van der Waals surface area contributed by atoms with Gasteiger partial charge >= 0.3 is 0 Å². The van der Waals surface area contributed by atoms with Crippen LogP contribution >= 0.6 is 0 Å². The predicted octanol–water partition coefficient (Wildman–Crippen LogP) is 1.22. The van der Waals surface area contributed by atoms with E-state index >= 15 is 0 Å². The van der Waals surface area contributed by atoms with Gasteiger partial charge in [0.2, 0.25) is 5.91 Å². The lowest BCUT2D eigenvalue weighted by Crippen LogP contribution is -2.37. The highest BCUT2D eigenvalue weighted by Crippen LogP contribution is 2.12. The summed E-state index contributed by atoms with van der Waals surface area (Å²) in [4.78, 5) is 17.5. The van der Waals surface area contributed by atoms with Gasteiger partial charge < -0.3 is 10.2 Å². The van der Waals surface area contributed by atoms with Gasteiger partial charge in [-0.3, -0.25) is 9.20 Å². The van der Waals surface area contributed by atoms with Crippen molar-refractivity contribution in [1.82, 2.24) is 14.3 Å². The minimum absolute atomic E-state index is 0.0436. The molecule has 2 rings (SSSR count). The molecule has 1 amide bonds. The second-order valence-electron chi connectivity index (χ2n) is 4.17. The monoisotopic (exact) mass is 232 g/mol. The number of aromatic nitrogens is 2. The fraction of sp³-hybridized carbons (Fsp3) is 0.333. The summed E-state index contributed by atoms with van der Waals surface area (Å²) >= 11 is 0. The number of pyridine rings is 1. The van der Waals surface area contributed by atoms with E-state index in [1.165, 1.54) is 0 Å². The molecule has 1 unspecified atom stereocenters.